The van der Waals surface area contributed by atoms with E-state index < -0.39 is 11.5 Å². The van der Waals surface area contributed by atoms with Crippen LogP contribution in [0.1, 0.15) is 22.3 Å². The van der Waals surface area contributed by atoms with Gasteiger partial charge in [-0.15, -0.1) is 0 Å². The van der Waals surface area contributed by atoms with Gasteiger partial charge in [-0.05, 0) is 41.8 Å². The molecule has 174 valence electrons. The number of halogens is 1. The first kappa shape index (κ1) is 21.9. The Morgan fingerprint density at radius 1 is 0.667 bits per heavy atom. The van der Waals surface area contributed by atoms with Crippen molar-refractivity contribution in [2.24, 2.45) is 0 Å². The molecular weight excluding hydrogens is 445 g/mol. The second-order valence-corrected chi connectivity index (χ2v) is 8.96. The van der Waals surface area contributed by atoms with Gasteiger partial charge in [0.15, 0.2) is 0 Å². The van der Waals surface area contributed by atoms with Crippen molar-refractivity contribution in [3.05, 3.63) is 156 Å². The Morgan fingerprint density at radius 3 is 1.75 bits per heavy atom. The molecule has 0 bridgehead atoms. The smallest absolute Gasteiger partial charge is 0.213 e. The maximum Gasteiger partial charge on any atom is 0.213 e. The lowest BCUT2D eigenvalue weighted by atomic mass is 9.77. The number of hydrogen-bond donors (Lipinski definition) is 0. The van der Waals surface area contributed by atoms with Gasteiger partial charge in [0, 0.05) is 23.2 Å². The topological polar surface area (TPSA) is 30.7 Å². The van der Waals surface area contributed by atoms with Crippen LogP contribution in [0.2, 0.25) is 0 Å². The summed E-state index contributed by atoms with van der Waals surface area (Å²) >= 11 is 0. The van der Waals surface area contributed by atoms with Gasteiger partial charge >= 0.3 is 0 Å². The lowest BCUT2D eigenvalue weighted by molar-refractivity contribution is 0.477. The first-order valence-corrected chi connectivity index (χ1v) is 12.0. The van der Waals surface area contributed by atoms with Gasteiger partial charge in [-0.2, -0.15) is 9.49 Å². The van der Waals surface area contributed by atoms with Gasteiger partial charge < -0.3 is 0 Å². The van der Waals surface area contributed by atoms with Gasteiger partial charge in [-0.25, -0.2) is 9.67 Å². The third kappa shape index (κ3) is 3.50. The number of aryl methyl sites for hydroxylation is 1. The number of hydrogen-bond acceptors (Lipinski definition) is 2. The van der Waals surface area contributed by atoms with Crippen molar-refractivity contribution >= 4 is 10.9 Å². The van der Waals surface area contributed by atoms with Crippen LogP contribution in [0.5, 0.6) is 0 Å². The van der Waals surface area contributed by atoms with Gasteiger partial charge in [0.1, 0.15) is 11.2 Å². The van der Waals surface area contributed by atoms with Crippen LogP contribution in [0.4, 0.5) is 4.39 Å². The summed E-state index contributed by atoms with van der Waals surface area (Å²) in [5.74, 6) is -0.525. The Balaban J connectivity index is 1.80. The lowest BCUT2D eigenvalue weighted by Gasteiger charge is -2.37. The van der Waals surface area contributed by atoms with Crippen molar-refractivity contribution in [1.82, 2.24) is 14.8 Å². The fraction of sp³-hybridized carbons (Fsp3) is 0.0625. The molecule has 0 saturated carbocycles. The van der Waals surface area contributed by atoms with E-state index in [1.165, 1.54) is 12.3 Å². The van der Waals surface area contributed by atoms with Crippen LogP contribution in [0.15, 0.2) is 128 Å². The molecule has 0 fully saturated rings. The average molecular weight is 470 g/mol. The average Bonchev–Trinajstić information content (AvgIpc) is 3.30. The number of nitrogens with zero attached hydrogens (tertiary/aromatic N) is 3. The first-order valence-electron chi connectivity index (χ1n) is 12.0. The van der Waals surface area contributed by atoms with Crippen molar-refractivity contribution in [3.63, 3.8) is 0 Å². The molecule has 6 aromatic rings. The maximum absolute atomic E-state index is 14.2. The summed E-state index contributed by atoms with van der Waals surface area (Å²) in [5.41, 5.74) is 5.98. The highest BCUT2D eigenvalue weighted by molar-refractivity contribution is 5.94. The van der Waals surface area contributed by atoms with E-state index in [1.54, 1.807) is 0 Å². The molecule has 0 amide bonds. The second-order valence-electron chi connectivity index (χ2n) is 8.96. The van der Waals surface area contributed by atoms with E-state index in [0.717, 1.165) is 38.9 Å². The van der Waals surface area contributed by atoms with Gasteiger partial charge in [0.2, 0.25) is 5.95 Å². The minimum atomic E-state index is -0.763. The molecule has 4 heteroatoms. The molecule has 3 nitrogen and oxygen atoms in total. The molecule has 0 spiro atoms. The molecule has 0 unspecified atom stereocenters. The van der Waals surface area contributed by atoms with Crippen LogP contribution in [-0.4, -0.2) is 14.8 Å². The normalized spacial score (nSPS) is 11.6. The van der Waals surface area contributed by atoms with Crippen molar-refractivity contribution in [2.45, 2.75) is 12.5 Å². The van der Waals surface area contributed by atoms with Crippen molar-refractivity contribution in [1.29, 1.82) is 0 Å². The van der Waals surface area contributed by atoms with Crippen LogP contribution in [0, 0.1) is 12.9 Å². The molecule has 0 radical (unpaired) electrons. The quantitative estimate of drug-likeness (QED) is 0.195. The Kier molecular flexibility index (Phi) is 5.42. The molecule has 0 saturated heterocycles. The molecule has 2 heterocycles. The van der Waals surface area contributed by atoms with E-state index in [0.29, 0.717) is 5.56 Å². The van der Waals surface area contributed by atoms with E-state index in [4.69, 9.17) is 5.10 Å². The predicted molar refractivity (Wildman–Crippen MR) is 142 cm³/mol. The molecule has 0 N–H and O–H groups in total. The molecule has 6 rings (SSSR count). The third-order valence-corrected chi connectivity index (χ3v) is 6.73. The van der Waals surface area contributed by atoms with Crippen LogP contribution >= 0.6 is 0 Å². The summed E-state index contributed by atoms with van der Waals surface area (Å²) in [6.07, 6.45) is 1.49. The van der Waals surface area contributed by atoms with Crippen molar-refractivity contribution in [2.75, 3.05) is 0 Å². The van der Waals surface area contributed by atoms with Crippen molar-refractivity contribution in [3.8, 4) is 11.3 Å². The number of aromatic nitrogens is 3. The van der Waals surface area contributed by atoms with Gasteiger partial charge in [0.25, 0.3) is 0 Å². The Morgan fingerprint density at radius 2 is 1.22 bits per heavy atom. The van der Waals surface area contributed by atoms with Crippen LogP contribution in [0.25, 0.3) is 22.2 Å². The van der Waals surface area contributed by atoms with Crippen molar-refractivity contribution < 1.29 is 4.39 Å². The Hall–Kier alpha value is -4.57. The second kappa shape index (κ2) is 8.90. The minimum Gasteiger partial charge on any atom is -0.245 e. The summed E-state index contributed by atoms with van der Waals surface area (Å²) in [6, 6.07) is 40.9. The van der Waals surface area contributed by atoms with Crippen LogP contribution < -0.4 is 0 Å². The summed E-state index contributed by atoms with van der Waals surface area (Å²) in [4.78, 5) is 3.76. The molecular formula is C32H24FN3. The highest BCUT2D eigenvalue weighted by atomic mass is 19.1. The fourth-order valence-electron chi connectivity index (χ4n) is 5.16. The van der Waals surface area contributed by atoms with E-state index >= 15 is 0 Å². The zero-order valence-corrected chi connectivity index (χ0v) is 19.8. The molecule has 2 aromatic heterocycles. The van der Waals surface area contributed by atoms with E-state index in [9.17, 15) is 4.39 Å². The Bertz CT molecular complexity index is 1540. The highest BCUT2D eigenvalue weighted by Crippen LogP contribution is 2.44. The largest absolute Gasteiger partial charge is 0.245 e. The fourth-order valence-corrected chi connectivity index (χ4v) is 5.16. The minimum absolute atomic E-state index is 0.525. The standard InChI is InChI=1S/C32H24FN3/c1-23-17-18-29-28(21-23)31(24-19-20-34-30(33)22-24)35-36(29)32(25-11-5-2-6-12-25,26-13-7-3-8-14-26)27-15-9-4-10-16-27/h2-22H,1H3. The molecule has 0 aliphatic carbocycles. The highest BCUT2D eigenvalue weighted by Gasteiger charge is 2.40. The Labute approximate surface area is 209 Å². The molecule has 4 aromatic carbocycles. The molecule has 36 heavy (non-hydrogen) atoms. The van der Waals surface area contributed by atoms with E-state index in [-0.39, 0.29) is 0 Å². The summed E-state index contributed by atoms with van der Waals surface area (Å²) < 4.78 is 16.3. The summed E-state index contributed by atoms with van der Waals surface area (Å²) in [6.45, 7) is 2.06. The first-order chi connectivity index (χ1) is 17.7. The number of rotatable bonds is 5. The third-order valence-electron chi connectivity index (χ3n) is 6.73. The van der Waals surface area contributed by atoms with Gasteiger partial charge in [-0.1, -0.05) is 103 Å². The molecule has 0 aliphatic rings. The SMILES string of the molecule is Cc1ccc2c(c1)c(-c1ccnc(F)c1)nn2C(c1ccccc1)(c1ccccc1)c1ccccc1. The van der Waals surface area contributed by atoms with E-state index in [2.05, 4.69) is 108 Å². The number of fused-ring (bicyclic) bond motifs is 1. The van der Waals surface area contributed by atoms with Crippen LogP contribution in [0.3, 0.4) is 0 Å². The van der Waals surface area contributed by atoms with E-state index in [1.807, 2.05) is 24.3 Å². The van der Waals surface area contributed by atoms with Gasteiger partial charge in [0.05, 0.1) is 5.52 Å². The summed E-state index contributed by atoms with van der Waals surface area (Å²) in [5, 5.41) is 6.23. The monoisotopic (exact) mass is 469 g/mol. The predicted octanol–water partition coefficient (Wildman–Crippen LogP) is 7.39. The lowest BCUT2D eigenvalue weighted by Crippen LogP contribution is -2.38. The summed E-state index contributed by atoms with van der Waals surface area (Å²) in [7, 11) is 0. The molecule has 0 aliphatic heterocycles. The maximum atomic E-state index is 14.2. The van der Waals surface area contributed by atoms with Crippen LogP contribution in [-0.2, 0) is 5.54 Å². The number of pyridine rings is 1. The number of benzene rings is 4. The zero-order chi connectivity index (χ0) is 24.5. The molecule has 0 atom stereocenters. The van der Waals surface area contributed by atoms with Gasteiger partial charge in [-0.3, -0.25) is 0 Å². The zero-order valence-electron chi connectivity index (χ0n) is 19.8.